The van der Waals surface area contributed by atoms with E-state index in [1.54, 1.807) is 6.20 Å². The lowest BCUT2D eigenvalue weighted by atomic mass is 10.2. The minimum absolute atomic E-state index is 0.305. The van der Waals surface area contributed by atoms with E-state index in [0.717, 1.165) is 11.6 Å². The van der Waals surface area contributed by atoms with Crippen molar-refractivity contribution in [1.82, 2.24) is 4.98 Å². The highest BCUT2D eigenvalue weighted by Crippen LogP contribution is 2.20. The zero-order chi connectivity index (χ0) is 11.4. The normalized spacial score (nSPS) is 19.5. The van der Waals surface area contributed by atoms with Gasteiger partial charge in [0.25, 0.3) is 0 Å². The van der Waals surface area contributed by atoms with E-state index >= 15 is 0 Å². The SMILES string of the molecule is CCOC1=CN(c2ccccn2)C(C)C=C1. The number of rotatable bonds is 3. The van der Waals surface area contributed by atoms with Gasteiger partial charge < -0.3 is 9.64 Å². The highest BCUT2D eigenvalue weighted by molar-refractivity contribution is 5.47. The summed E-state index contributed by atoms with van der Waals surface area (Å²) in [6.45, 7) is 4.79. The van der Waals surface area contributed by atoms with E-state index < -0.39 is 0 Å². The van der Waals surface area contributed by atoms with Crippen molar-refractivity contribution in [3.05, 3.63) is 48.5 Å². The fourth-order valence-electron chi connectivity index (χ4n) is 1.66. The summed E-state index contributed by atoms with van der Waals surface area (Å²) in [6, 6.07) is 6.21. The summed E-state index contributed by atoms with van der Waals surface area (Å²) in [4.78, 5) is 6.44. The number of nitrogens with zero attached hydrogens (tertiary/aromatic N) is 2. The van der Waals surface area contributed by atoms with E-state index in [1.165, 1.54) is 0 Å². The molecule has 0 aromatic carbocycles. The molecule has 0 amide bonds. The molecule has 0 bridgehead atoms. The Hall–Kier alpha value is -1.77. The third-order valence-electron chi connectivity index (χ3n) is 2.47. The Morgan fingerprint density at radius 3 is 3.00 bits per heavy atom. The van der Waals surface area contributed by atoms with Crippen LogP contribution in [-0.2, 0) is 4.74 Å². The maximum absolute atomic E-state index is 5.49. The summed E-state index contributed by atoms with van der Waals surface area (Å²) in [5, 5.41) is 0. The summed E-state index contributed by atoms with van der Waals surface area (Å²) < 4.78 is 5.49. The van der Waals surface area contributed by atoms with Gasteiger partial charge in [-0.05, 0) is 32.1 Å². The van der Waals surface area contributed by atoms with Crippen LogP contribution in [0, 0.1) is 0 Å². The van der Waals surface area contributed by atoms with E-state index in [-0.39, 0.29) is 0 Å². The number of aromatic nitrogens is 1. The molecule has 1 aromatic rings. The molecule has 1 aliphatic heterocycles. The van der Waals surface area contributed by atoms with Crippen LogP contribution in [0.25, 0.3) is 0 Å². The highest BCUT2D eigenvalue weighted by atomic mass is 16.5. The molecular weight excluding hydrogens is 200 g/mol. The quantitative estimate of drug-likeness (QED) is 0.776. The Labute approximate surface area is 96.1 Å². The van der Waals surface area contributed by atoms with Gasteiger partial charge in [-0.15, -0.1) is 0 Å². The lowest BCUT2D eigenvalue weighted by Gasteiger charge is -2.28. The first-order valence-electron chi connectivity index (χ1n) is 5.53. The van der Waals surface area contributed by atoms with Crippen molar-refractivity contribution in [2.45, 2.75) is 19.9 Å². The van der Waals surface area contributed by atoms with Gasteiger partial charge in [0.2, 0.25) is 0 Å². The largest absolute Gasteiger partial charge is 0.492 e. The Balaban J connectivity index is 2.23. The Kier molecular flexibility index (Phi) is 3.25. The van der Waals surface area contributed by atoms with Crippen LogP contribution in [0.1, 0.15) is 13.8 Å². The van der Waals surface area contributed by atoms with Gasteiger partial charge in [-0.3, -0.25) is 0 Å². The molecule has 2 rings (SSSR count). The third-order valence-corrected chi connectivity index (χ3v) is 2.47. The molecule has 2 heterocycles. The molecule has 0 spiro atoms. The number of hydrogen-bond donors (Lipinski definition) is 0. The fourth-order valence-corrected chi connectivity index (χ4v) is 1.66. The molecule has 1 aromatic heterocycles. The molecule has 1 unspecified atom stereocenters. The van der Waals surface area contributed by atoms with Gasteiger partial charge in [0, 0.05) is 12.4 Å². The minimum Gasteiger partial charge on any atom is -0.492 e. The van der Waals surface area contributed by atoms with Gasteiger partial charge in [0.15, 0.2) is 0 Å². The van der Waals surface area contributed by atoms with Crippen molar-refractivity contribution in [3.8, 4) is 0 Å². The van der Waals surface area contributed by atoms with E-state index in [1.807, 2.05) is 37.4 Å². The second-order valence-corrected chi connectivity index (χ2v) is 3.66. The molecule has 1 aliphatic rings. The van der Waals surface area contributed by atoms with Crippen molar-refractivity contribution in [2.75, 3.05) is 11.5 Å². The van der Waals surface area contributed by atoms with E-state index in [2.05, 4.69) is 22.9 Å². The first-order chi connectivity index (χ1) is 7.81. The average molecular weight is 216 g/mol. The summed E-state index contributed by atoms with van der Waals surface area (Å²) >= 11 is 0. The molecule has 0 saturated carbocycles. The molecule has 0 N–H and O–H groups in total. The van der Waals surface area contributed by atoms with Crippen LogP contribution in [0.5, 0.6) is 0 Å². The Bertz CT molecular complexity index is 398. The Morgan fingerprint density at radius 2 is 2.31 bits per heavy atom. The number of anilines is 1. The van der Waals surface area contributed by atoms with Gasteiger partial charge in [0.1, 0.15) is 11.6 Å². The summed E-state index contributed by atoms with van der Waals surface area (Å²) in [6.07, 6.45) is 7.92. The van der Waals surface area contributed by atoms with E-state index in [0.29, 0.717) is 12.6 Å². The molecule has 0 radical (unpaired) electrons. The number of ether oxygens (including phenoxy) is 1. The molecule has 0 saturated heterocycles. The van der Waals surface area contributed by atoms with Crippen LogP contribution in [-0.4, -0.2) is 17.6 Å². The van der Waals surface area contributed by atoms with Crippen LogP contribution in [0.4, 0.5) is 5.82 Å². The third kappa shape index (κ3) is 2.24. The lowest BCUT2D eigenvalue weighted by Crippen LogP contribution is -2.29. The van der Waals surface area contributed by atoms with Crippen LogP contribution >= 0.6 is 0 Å². The van der Waals surface area contributed by atoms with Gasteiger partial charge in [-0.2, -0.15) is 0 Å². The summed E-state index contributed by atoms with van der Waals surface area (Å²) in [5.41, 5.74) is 0. The summed E-state index contributed by atoms with van der Waals surface area (Å²) in [5.74, 6) is 1.82. The maximum atomic E-state index is 5.49. The van der Waals surface area contributed by atoms with Gasteiger partial charge >= 0.3 is 0 Å². The molecule has 1 atom stereocenters. The van der Waals surface area contributed by atoms with Crippen LogP contribution in [0.2, 0.25) is 0 Å². The molecule has 0 aliphatic carbocycles. The standard InChI is InChI=1S/C13H16N2O/c1-3-16-12-8-7-11(2)15(10-12)13-6-4-5-9-14-13/h4-11H,3H2,1-2H3. The summed E-state index contributed by atoms with van der Waals surface area (Å²) in [7, 11) is 0. The number of hydrogen-bond acceptors (Lipinski definition) is 3. The smallest absolute Gasteiger partial charge is 0.135 e. The van der Waals surface area contributed by atoms with Crippen molar-refractivity contribution >= 4 is 5.82 Å². The fraction of sp³-hybridized carbons (Fsp3) is 0.308. The average Bonchev–Trinajstić information content (AvgIpc) is 2.33. The first-order valence-corrected chi connectivity index (χ1v) is 5.53. The number of pyridine rings is 1. The molecule has 3 nitrogen and oxygen atoms in total. The minimum atomic E-state index is 0.305. The molecule has 0 fully saturated rings. The van der Waals surface area contributed by atoms with Crippen LogP contribution in [0.15, 0.2) is 48.5 Å². The van der Waals surface area contributed by atoms with Crippen molar-refractivity contribution in [1.29, 1.82) is 0 Å². The predicted molar refractivity (Wildman–Crippen MR) is 65.0 cm³/mol. The van der Waals surface area contributed by atoms with Gasteiger partial charge in [0.05, 0.1) is 12.6 Å². The molecule has 16 heavy (non-hydrogen) atoms. The Morgan fingerprint density at radius 1 is 1.44 bits per heavy atom. The predicted octanol–water partition coefficient (Wildman–Crippen LogP) is 2.72. The topological polar surface area (TPSA) is 25.4 Å². The van der Waals surface area contributed by atoms with Gasteiger partial charge in [-0.25, -0.2) is 4.98 Å². The molecular formula is C13H16N2O. The number of allylic oxidation sites excluding steroid dienone is 1. The zero-order valence-electron chi connectivity index (χ0n) is 9.63. The maximum Gasteiger partial charge on any atom is 0.135 e. The van der Waals surface area contributed by atoms with Crippen LogP contribution in [0.3, 0.4) is 0 Å². The van der Waals surface area contributed by atoms with Crippen molar-refractivity contribution in [2.24, 2.45) is 0 Å². The monoisotopic (exact) mass is 216 g/mol. The zero-order valence-corrected chi connectivity index (χ0v) is 9.63. The second-order valence-electron chi connectivity index (χ2n) is 3.66. The lowest BCUT2D eigenvalue weighted by molar-refractivity contribution is 0.240. The van der Waals surface area contributed by atoms with Crippen LogP contribution < -0.4 is 4.90 Å². The second kappa shape index (κ2) is 4.84. The first kappa shape index (κ1) is 10.7. The van der Waals surface area contributed by atoms with E-state index in [4.69, 9.17) is 4.74 Å². The van der Waals surface area contributed by atoms with Crippen molar-refractivity contribution < 1.29 is 4.74 Å². The highest BCUT2D eigenvalue weighted by Gasteiger charge is 2.15. The van der Waals surface area contributed by atoms with E-state index in [9.17, 15) is 0 Å². The molecule has 3 heteroatoms. The van der Waals surface area contributed by atoms with Crippen molar-refractivity contribution in [3.63, 3.8) is 0 Å². The van der Waals surface area contributed by atoms with Gasteiger partial charge in [-0.1, -0.05) is 12.1 Å². The molecule has 84 valence electrons.